The molecule has 2 aliphatic rings. The van der Waals surface area contributed by atoms with E-state index in [2.05, 4.69) is 0 Å². The lowest BCUT2D eigenvalue weighted by Gasteiger charge is -2.14. The summed E-state index contributed by atoms with van der Waals surface area (Å²) < 4.78 is 16.4. The van der Waals surface area contributed by atoms with E-state index >= 15 is 0 Å². The van der Waals surface area contributed by atoms with Crippen LogP contribution < -0.4 is 9.47 Å². The Morgan fingerprint density at radius 3 is 2.44 bits per heavy atom. The highest BCUT2D eigenvalue weighted by Gasteiger charge is 2.36. The molecule has 0 atom stereocenters. The summed E-state index contributed by atoms with van der Waals surface area (Å²) >= 11 is 19.2. The van der Waals surface area contributed by atoms with E-state index in [4.69, 9.17) is 48.7 Å². The van der Waals surface area contributed by atoms with E-state index in [1.807, 2.05) is 0 Å². The number of hydrogen-bond donors (Lipinski definition) is 0. The summed E-state index contributed by atoms with van der Waals surface area (Å²) in [5, 5.41) is 0.944. The molecule has 2 aliphatic heterocycles. The smallest absolute Gasteiger partial charge is 0.293 e. The number of carbonyl (C=O) groups excluding carboxylic acids is 2. The maximum Gasteiger partial charge on any atom is 0.293 e. The third-order valence-electron chi connectivity index (χ3n) is 4.79. The van der Waals surface area contributed by atoms with Crippen molar-refractivity contribution < 1.29 is 23.5 Å². The van der Waals surface area contributed by atoms with Crippen molar-refractivity contribution >= 4 is 63.8 Å². The van der Waals surface area contributed by atoms with Gasteiger partial charge in [0.15, 0.2) is 11.5 Å². The molecule has 3 aromatic rings. The molecule has 5 rings (SSSR count). The highest BCUT2D eigenvalue weighted by molar-refractivity contribution is 8.18. The Balaban J connectivity index is 1.37. The van der Waals surface area contributed by atoms with E-state index in [1.165, 1.54) is 6.08 Å². The van der Waals surface area contributed by atoms with Gasteiger partial charge in [-0.1, -0.05) is 34.8 Å². The van der Waals surface area contributed by atoms with E-state index < -0.39 is 11.1 Å². The van der Waals surface area contributed by atoms with Crippen molar-refractivity contribution in [3.05, 3.63) is 73.8 Å². The van der Waals surface area contributed by atoms with Crippen molar-refractivity contribution in [3.8, 4) is 22.8 Å². The van der Waals surface area contributed by atoms with Gasteiger partial charge in [-0.2, -0.15) is 0 Å². The van der Waals surface area contributed by atoms with Crippen molar-refractivity contribution in [1.29, 1.82) is 0 Å². The molecular weight excluding hydrogens is 497 g/mol. The molecule has 6 nitrogen and oxygen atoms in total. The molecule has 1 aromatic heterocycles. The molecule has 0 bridgehead atoms. The number of thioether (sulfide) groups is 1. The minimum absolute atomic E-state index is 0.0158. The van der Waals surface area contributed by atoms with Crippen molar-refractivity contribution in [2.45, 2.75) is 6.54 Å². The molecule has 0 unspecified atom stereocenters. The molecule has 3 heterocycles. The summed E-state index contributed by atoms with van der Waals surface area (Å²) in [5.74, 6) is 1.57. The van der Waals surface area contributed by atoms with E-state index in [0.29, 0.717) is 49.2 Å². The maximum atomic E-state index is 12.9. The number of nitrogens with zero attached hydrogens (tertiary/aromatic N) is 1. The zero-order chi connectivity index (χ0) is 22.4. The number of hydrogen-bond acceptors (Lipinski definition) is 6. The number of fused-ring (bicyclic) bond motifs is 1. The highest BCUT2D eigenvalue weighted by atomic mass is 35.5. The van der Waals surface area contributed by atoms with Crippen molar-refractivity contribution in [1.82, 2.24) is 4.90 Å². The average molecular weight is 509 g/mol. The van der Waals surface area contributed by atoms with Crippen molar-refractivity contribution in [2.75, 3.05) is 6.79 Å². The van der Waals surface area contributed by atoms with Crippen LogP contribution in [0.1, 0.15) is 11.3 Å². The number of furan rings is 1. The second-order valence-electron chi connectivity index (χ2n) is 6.92. The molecule has 0 N–H and O–H groups in total. The van der Waals surface area contributed by atoms with Gasteiger partial charge in [0.2, 0.25) is 6.79 Å². The minimum atomic E-state index is -0.433. The fourth-order valence-electron chi connectivity index (χ4n) is 3.30. The summed E-state index contributed by atoms with van der Waals surface area (Å²) in [4.78, 5) is 26.8. The van der Waals surface area contributed by atoms with Crippen LogP contribution in [-0.4, -0.2) is 22.8 Å². The molecule has 0 spiro atoms. The van der Waals surface area contributed by atoms with Crippen LogP contribution in [0.25, 0.3) is 17.4 Å². The Labute approximate surface area is 201 Å². The second-order valence-corrected chi connectivity index (χ2v) is 9.20. The first-order valence-electron chi connectivity index (χ1n) is 9.27. The average Bonchev–Trinajstić information content (AvgIpc) is 3.44. The van der Waals surface area contributed by atoms with Gasteiger partial charge in [-0.3, -0.25) is 14.5 Å². The molecule has 0 radical (unpaired) electrons. The molecule has 10 heteroatoms. The van der Waals surface area contributed by atoms with Gasteiger partial charge < -0.3 is 13.9 Å². The van der Waals surface area contributed by atoms with Crippen LogP contribution in [0.4, 0.5) is 4.79 Å². The summed E-state index contributed by atoms with van der Waals surface area (Å²) in [6, 6.07) is 11.8. The van der Waals surface area contributed by atoms with Crippen LogP contribution in [0.5, 0.6) is 11.5 Å². The standard InChI is InChI=1S/C22H12Cl3NO5S/c23-13-3-11(4-14(24)6-13)17-2-1-15(31-17)7-20-21(27)26(22(28)32-20)9-12-5-18-19(8-16(12)25)30-10-29-18/h1-8H,9-10H2/b20-7+. The van der Waals surface area contributed by atoms with Crippen molar-refractivity contribution in [3.63, 3.8) is 0 Å². The Morgan fingerprint density at radius 1 is 0.969 bits per heavy atom. The van der Waals surface area contributed by atoms with Crippen LogP contribution in [0, 0.1) is 0 Å². The number of halogens is 3. The molecule has 0 saturated carbocycles. The van der Waals surface area contributed by atoms with Gasteiger partial charge in [0, 0.05) is 32.8 Å². The summed E-state index contributed by atoms with van der Waals surface area (Å²) in [5.41, 5.74) is 1.28. The van der Waals surface area contributed by atoms with Gasteiger partial charge in [-0.25, -0.2) is 0 Å². The molecule has 2 aromatic carbocycles. The number of imide groups is 1. The van der Waals surface area contributed by atoms with E-state index in [-0.39, 0.29) is 18.2 Å². The number of ether oxygens (including phenoxy) is 2. The van der Waals surface area contributed by atoms with Gasteiger partial charge in [0.1, 0.15) is 11.5 Å². The number of rotatable bonds is 4. The first-order chi connectivity index (χ1) is 15.4. The Kier molecular flexibility index (Phi) is 5.59. The maximum absolute atomic E-state index is 12.9. The summed E-state index contributed by atoms with van der Waals surface area (Å²) in [7, 11) is 0. The van der Waals surface area contributed by atoms with Crippen LogP contribution in [0.3, 0.4) is 0 Å². The third kappa shape index (κ3) is 4.09. The van der Waals surface area contributed by atoms with Crippen LogP contribution >= 0.6 is 46.6 Å². The fourth-order valence-corrected chi connectivity index (χ4v) is 4.86. The minimum Gasteiger partial charge on any atom is -0.457 e. The predicted molar refractivity (Wildman–Crippen MR) is 123 cm³/mol. The largest absolute Gasteiger partial charge is 0.457 e. The first kappa shape index (κ1) is 21.3. The highest BCUT2D eigenvalue weighted by Crippen LogP contribution is 2.39. The zero-order valence-corrected chi connectivity index (χ0v) is 19.1. The molecule has 0 aliphatic carbocycles. The molecule has 162 valence electrons. The lowest BCUT2D eigenvalue weighted by atomic mass is 10.2. The molecule has 32 heavy (non-hydrogen) atoms. The summed E-state index contributed by atoms with van der Waals surface area (Å²) in [6.07, 6.45) is 1.53. The Hall–Kier alpha value is -2.58. The number of carbonyl (C=O) groups is 2. The van der Waals surface area contributed by atoms with Crippen LogP contribution in [0.2, 0.25) is 15.1 Å². The first-order valence-corrected chi connectivity index (χ1v) is 11.2. The number of amides is 2. The Bertz CT molecular complexity index is 1280. The lowest BCUT2D eigenvalue weighted by Crippen LogP contribution is -2.27. The van der Waals surface area contributed by atoms with Gasteiger partial charge in [-0.05, 0) is 53.7 Å². The number of benzene rings is 2. The van der Waals surface area contributed by atoms with Gasteiger partial charge >= 0.3 is 0 Å². The molecule has 1 saturated heterocycles. The Morgan fingerprint density at radius 2 is 1.69 bits per heavy atom. The quantitative estimate of drug-likeness (QED) is 0.358. The van der Waals surface area contributed by atoms with Gasteiger partial charge in [0.25, 0.3) is 11.1 Å². The summed E-state index contributed by atoms with van der Waals surface area (Å²) in [6.45, 7) is 0.119. The molecule has 1 fully saturated rings. The fraction of sp³-hybridized carbons (Fsp3) is 0.0909. The van der Waals surface area contributed by atoms with Crippen LogP contribution in [-0.2, 0) is 11.3 Å². The van der Waals surface area contributed by atoms with Gasteiger partial charge in [-0.15, -0.1) is 0 Å². The monoisotopic (exact) mass is 507 g/mol. The van der Waals surface area contributed by atoms with E-state index in [9.17, 15) is 9.59 Å². The molecular formula is C22H12Cl3NO5S. The SMILES string of the molecule is O=C1S/C(=C/c2ccc(-c3cc(Cl)cc(Cl)c3)o2)C(=O)N1Cc1cc2c(cc1Cl)OCO2. The van der Waals surface area contributed by atoms with Gasteiger partial charge in [0.05, 0.1) is 11.4 Å². The van der Waals surface area contributed by atoms with E-state index in [0.717, 1.165) is 16.7 Å². The lowest BCUT2D eigenvalue weighted by molar-refractivity contribution is -0.123. The molecule has 2 amide bonds. The van der Waals surface area contributed by atoms with Crippen LogP contribution in [0.15, 0.2) is 51.8 Å². The van der Waals surface area contributed by atoms with E-state index in [1.54, 1.807) is 42.5 Å². The third-order valence-corrected chi connectivity index (χ3v) is 6.49. The normalized spacial score (nSPS) is 16.5. The topological polar surface area (TPSA) is 69.0 Å². The second kappa shape index (κ2) is 8.41. The van der Waals surface area contributed by atoms with Crippen molar-refractivity contribution in [2.24, 2.45) is 0 Å². The predicted octanol–water partition coefficient (Wildman–Crippen LogP) is 6.87. The zero-order valence-electron chi connectivity index (χ0n) is 16.1.